The fraction of sp³-hybridized carbons (Fsp3) is 0.300. The van der Waals surface area contributed by atoms with Gasteiger partial charge in [-0.05, 0) is 48.4 Å². The van der Waals surface area contributed by atoms with Gasteiger partial charge in [-0.25, -0.2) is 4.79 Å². The highest BCUT2D eigenvalue weighted by Crippen LogP contribution is 2.28. The molecule has 1 N–H and O–H groups in total. The Morgan fingerprint density at radius 3 is 2.27 bits per heavy atom. The van der Waals surface area contributed by atoms with Gasteiger partial charge < -0.3 is 19.5 Å². The molecule has 0 aliphatic rings. The van der Waals surface area contributed by atoms with E-state index in [9.17, 15) is 9.59 Å². The number of carbonyl (C=O) groups excluding carboxylic acids is 2. The van der Waals surface area contributed by atoms with Gasteiger partial charge in [0.2, 0.25) is 0 Å². The molecule has 138 valence electrons. The standard InChI is InChI=1S/C20H23NO5/c1-4-11-26-17-10-5-14(12-18(17)24-2)13-21-19(22)15-6-8-16(9-7-15)20(23)25-3/h5-10,12H,4,11,13H2,1-3H3,(H,21,22). The number of carbonyl (C=O) groups is 2. The minimum Gasteiger partial charge on any atom is -0.493 e. The van der Waals surface area contributed by atoms with Crippen LogP contribution >= 0.6 is 0 Å². The smallest absolute Gasteiger partial charge is 0.337 e. The van der Waals surface area contributed by atoms with Crippen molar-refractivity contribution in [2.24, 2.45) is 0 Å². The zero-order chi connectivity index (χ0) is 18.9. The average Bonchev–Trinajstić information content (AvgIpc) is 2.70. The highest BCUT2D eigenvalue weighted by Gasteiger charge is 2.10. The molecule has 0 bridgehead atoms. The van der Waals surface area contributed by atoms with Gasteiger partial charge in [0, 0.05) is 12.1 Å². The monoisotopic (exact) mass is 357 g/mol. The van der Waals surface area contributed by atoms with E-state index in [-0.39, 0.29) is 5.91 Å². The van der Waals surface area contributed by atoms with Gasteiger partial charge in [-0.3, -0.25) is 4.79 Å². The Balaban J connectivity index is 1.99. The molecule has 0 saturated heterocycles. The first-order valence-corrected chi connectivity index (χ1v) is 8.35. The molecule has 0 spiro atoms. The van der Waals surface area contributed by atoms with Crippen LogP contribution in [0.25, 0.3) is 0 Å². The number of rotatable bonds is 8. The topological polar surface area (TPSA) is 73.9 Å². The van der Waals surface area contributed by atoms with Crippen LogP contribution in [0.15, 0.2) is 42.5 Å². The Bertz CT molecular complexity index is 755. The van der Waals surface area contributed by atoms with Gasteiger partial charge in [-0.1, -0.05) is 13.0 Å². The van der Waals surface area contributed by atoms with Crippen LogP contribution in [0.2, 0.25) is 0 Å². The van der Waals surface area contributed by atoms with Crippen molar-refractivity contribution in [1.82, 2.24) is 5.32 Å². The van der Waals surface area contributed by atoms with Crippen LogP contribution in [0.5, 0.6) is 11.5 Å². The summed E-state index contributed by atoms with van der Waals surface area (Å²) in [5.41, 5.74) is 1.76. The summed E-state index contributed by atoms with van der Waals surface area (Å²) < 4.78 is 15.6. The Hall–Kier alpha value is -3.02. The molecule has 0 aromatic heterocycles. The zero-order valence-electron chi connectivity index (χ0n) is 15.2. The van der Waals surface area contributed by atoms with Gasteiger partial charge >= 0.3 is 5.97 Å². The molecule has 26 heavy (non-hydrogen) atoms. The van der Waals surface area contributed by atoms with Gasteiger partial charge in [0.15, 0.2) is 11.5 Å². The van der Waals surface area contributed by atoms with E-state index in [0.29, 0.717) is 35.8 Å². The predicted molar refractivity (Wildman–Crippen MR) is 97.7 cm³/mol. The molecule has 6 nitrogen and oxygen atoms in total. The molecule has 0 radical (unpaired) electrons. The van der Waals surface area contributed by atoms with Crippen LogP contribution in [0.3, 0.4) is 0 Å². The summed E-state index contributed by atoms with van der Waals surface area (Å²) in [6.07, 6.45) is 0.912. The molecule has 0 saturated carbocycles. The summed E-state index contributed by atoms with van der Waals surface area (Å²) in [4.78, 5) is 23.7. The lowest BCUT2D eigenvalue weighted by atomic mass is 10.1. The van der Waals surface area contributed by atoms with Gasteiger partial charge in [0.25, 0.3) is 5.91 Å². The fourth-order valence-corrected chi connectivity index (χ4v) is 2.31. The van der Waals surface area contributed by atoms with Crippen molar-refractivity contribution in [2.75, 3.05) is 20.8 Å². The van der Waals surface area contributed by atoms with Crippen molar-refractivity contribution in [1.29, 1.82) is 0 Å². The van der Waals surface area contributed by atoms with Crippen molar-refractivity contribution in [3.63, 3.8) is 0 Å². The third-order valence-electron chi connectivity index (χ3n) is 3.71. The number of nitrogens with one attached hydrogen (secondary N) is 1. The van der Waals surface area contributed by atoms with E-state index in [1.165, 1.54) is 7.11 Å². The number of esters is 1. The lowest BCUT2D eigenvalue weighted by molar-refractivity contribution is 0.0600. The highest BCUT2D eigenvalue weighted by atomic mass is 16.5. The van der Waals surface area contributed by atoms with Crippen LogP contribution < -0.4 is 14.8 Å². The molecule has 0 atom stereocenters. The largest absolute Gasteiger partial charge is 0.493 e. The van der Waals surface area contributed by atoms with Crippen molar-refractivity contribution >= 4 is 11.9 Å². The van der Waals surface area contributed by atoms with Crippen molar-refractivity contribution in [3.8, 4) is 11.5 Å². The minimum absolute atomic E-state index is 0.230. The maximum absolute atomic E-state index is 12.2. The third kappa shape index (κ3) is 4.99. The first-order chi connectivity index (χ1) is 12.6. The summed E-state index contributed by atoms with van der Waals surface area (Å²) in [6.45, 7) is 3.00. The van der Waals surface area contributed by atoms with E-state index in [0.717, 1.165) is 12.0 Å². The molecule has 6 heteroatoms. The summed E-state index contributed by atoms with van der Waals surface area (Å²) in [5, 5.41) is 2.84. The first-order valence-electron chi connectivity index (χ1n) is 8.35. The molecule has 2 rings (SSSR count). The second kappa shape index (κ2) is 9.46. The summed E-state index contributed by atoms with van der Waals surface area (Å²) in [7, 11) is 2.90. The van der Waals surface area contributed by atoms with Gasteiger partial charge in [0.05, 0.1) is 26.4 Å². The summed E-state index contributed by atoms with van der Waals surface area (Å²) >= 11 is 0. The second-order valence-corrected chi connectivity index (χ2v) is 5.59. The van der Waals surface area contributed by atoms with E-state index in [2.05, 4.69) is 10.1 Å². The first kappa shape index (κ1) is 19.3. The molecule has 0 aliphatic heterocycles. The normalized spacial score (nSPS) is 10.1. The highest BCUT2D eigenvalue weighted by molar-refractivity contribution is 5.96. The van der Waals surface area contributed by atoms with E-state index >= 15 is 0 Å². The van der Waals surface area contributed by atoms with Crippen molar-refractivity contribution < 1.29 is 23.8 Å². The van der Waals surface area contributed by atoms with Crippen molar-refractivity contribution in [3.05, 3.63) is 59.2 Å². The van der Waals surface area contributed by atoms with Gasteiger partial charge in [0.1, 0.15) is 0 Å². The number of ether oxygens (including phenoxy) is 3. The number of amides is 1. The Kier molecular flexibility index (Phi) is 7.02. The Morgan fingerprint density at radius 1 is 0.962 bits per heavy atom. The lowest BCUT2D eigenvalue weighted by Gasteiger charge is -2.12. The summed E-state index contributed by atoms with van der Waals surface area (Å²) in [5.74, 6) is 0.650. The molecular weight excluding hydrogens is 334 g/mol. The molecule has 0 unspecified atom stereocenters. The maximum Gasteiger partial charge on any atom is 0.337 e. The molecule has 1 amide bonds. The fourth-order valence-electron chi connectivity index (χ4n) is 2.31. The molecule has 0 aliphatic carbocycles. The molecular formula is C20H23NO5. The molecule has 2 aromatic rings. The maximum atomic E-state index is 12.2. The summed E-state index contributed by atoms with van der Waals surface area (Å²) in [6, 6.07) is 11.8. The zero-order valence-corrected chi connectivity index (χ0v) is 15.2. The van der Waals surface area contributed by atoms with E-state index in [1.54, 1.807) is 31.4 Å². The number of benzene rings is 2. The van der Waals surface area contributed by atoms with Crippen LogP contribution in [-0.2, 0) is 11.3 Å². The van der Waals surface area contributed by atoms with E-state index in [1.807, 2.05) is 25.1 Å². The SMILES string of the molecule is CCCOc1ccc(CNC(=O)c2ccc(C(=O)OC)cc2)cc1OC. The van der Waals surface area contributed by atoms with Crippen LogP contribution in [-0.4, -0.2) is 32.7 Å². The van der Waals surface area contributed by atoms with Crippen LogP contribution in [0, 0.1) is 0 Å². The second-order valence-electron chi connectivity index (χ2n) is 5.59. The van der Waals surface area contributed by atoms with Crippen molar-refractivity contribution in [2.45, 2.75) is 19.9 Å². The number of methoxy groups -OCH3 is 2. The quantitative estimate of drug-likeness (QED) is 0.735. The third-order valence-corrected chi connectivity index (χ3v) is 3.71. The minimum atomic E-state index is -0.436. The van der Waals surface area contributed by atoms with Gasteiger partial charge in [-0.15, -0.1) is 0 Å². The van der Waals surface area contributed by atoms with Crippen LogP contribution in [0.1, 0.15) is 39.6 Å². The average molecular weight is 357 g/mol. The number of hydrogen-bond donors (Lipinski definition) is 1. The Morgan fingerprint density at radius 2 is 1.65 bits per heavy atom. The molecule has 0 heterocycles. The van der Waals surface area contributed by atoms with Gasteiger partial charge in [-0.2, -0.15) is 0 Å². The predicted octanol–water partition coefficient (Wildman–Crippen LogP) is 3.20. The Labute approximate surface area is 153 Å². The lowest BCUT2D eigenvalue weighted by Crippen LogP contribution is -2.22. The molecule has 0 fully saturated rings. The van der Waals surface area contributed by atoms with E-state index in [4.69, 9.17) is 9.47 Å². The number of hydrogen-bond acceptors (Lipinski definition) is 5. The van der Waals surface area contributed by atoms with E-state index < -0.39 is 5.97 Å². The molecule has 2 aromatic carbocycles. The van der Waals surface area contributed by atoms with Crippen LogP contribution in [0.4, 0.5) is 0 Å².